The molecular weight excluding hydrogens is 182 g/mol. The van der Waals surface area contributed by atoms with E-state index in [1.165, 1.54) is 6.08 Å². The number of aliphatic carboxylic acids is 1. The molecule has 1 saturated heterocycles. The molecule has 2 atom stereocenters. The minimum atomic E-state index is -0.905. The van der Waals surface area contributed by atoms with E-state index >= 15 is 0 Å². The van der Waals surface area contributed by atoms with E-state index in [0.29, 0.717) is 13.1 Å². The van der Waals surface area contributed by atoms with Gasteiger partial charge in [0.1, 0.15) is 6.04 Å². The molecule has 14 heavy (non-hydrogen) atoms. The topological polar surface area (TPSA) is 60.8 Å². The fourth-order valence-electron chi connectivity index (χ4n) is 1.90. The van der Waals surface area contributed by atoms with Crippen LogP contribution < -0.4 is 0 Å². The number of hydrogen-bond acceptors (Lipinski definition) is 3. The molecule has 4 heteroatoms. The van der Waals surface area contributed by atoms with E-state index in [0.717, 1.165) is 12.8 Å². The van der Waals surface area contributed by atoms with Gasteiger partial charge in [-0.15, -0.1) is 6.58 Å². The number of likely N-dealkylation sites (tertiary alicyclic amines) is 1. The number of carbonyl (C=O) groups is 1. The minimum absolute atomic E-state index is 0.399. The van der Waals surface area contributed by atoms with Crippen molar-refractivity contribution in [1.29, 1.82) is 0 Å². The monoisotopic (exact) mass is 199 g/mol. The standard InChI is InChI=1S/C10H17NO3/c1-3-8(9(12)13)11-6-4-5-10(2,14)7-11/h3,8,14H,1,4-7H2,2H3,(H,12,13). The number of carboxylic acids is 1. The first-order chi connectivity index (χ1) is 6.46. The van der Waals surface area contributed by atoms with Crippen LogP contribution in [0.25, 0.3) is 0 Å². The summed E-state index contributed by atoms with van der Waals surface area (Å²) in [5.41, 5.74) is -0.769. The fraction of sp³-hybridized carbons (Fsp3) is 0.700. The van der Waals surface area contributed by atoms with Crippen LogP contribution in [0.3, 0.4) is 0 Å². The zero-order valence-corrected chi connectivity index (χ0v) is 8.44. The van der Waals surface area contributed by atoms with Gasteiger partial charge in [0.05, 0.1) is 5.60 Å². The highest BCUT2D eigenvalue weighted by Crippen LogP contribution is 2.22. The van der Waals surface area contributed by atoms with E-state index in [-0.39, 0.29) is 0 Å². The third kappa shape index (κ3) is 2.56. The van der Waals surface area contributed by atoms with E-state index < -0.39 is 17.6 Å². The Hall–Kier alpha value is -0.870. The first-order valence-electron chi connectivity index (χ1n) is 4.78. The maximum atomic E-state index is 10.8. The smallest absolute Gasteiger partial charge is 0.324 e. The summed E-state index contributed by atoms with van der Waals surface area (Å²) in [6.45, 7) is 6.34. The van der Waals surface area contributed by atoms with Crippen molar-refractivity contribution in [3.05, 3.63) is 12.7 Å². The summed E-state index contributed by atoms with van der Waals surface area (Å²) in [6.07, 6.45) is 2.96. The Morgan fingerprint density at radius 1 is 1.71 bits per heavy atom. The second-order valence-electron chi connectivity index (χ2n) is 4.09. The van der Waals surface area contributed by atoms with Crippen LogP contribution in [0.2, 0.25) is 0 Å². The molecule has 2 unspecified atom stereocenters. The van der Waals surface area contributed by atoms with E-state index in [1.807, 2.05) is 0 Å². The van der Waals surface area contributed by atoms with Crippen molar-refractivity contribution in [1.82, 2.24) is 4.90 Å². The van der Waals surface area contributed by atoms with Gasteiger partial charge in [0.15, 0.2) is 0 Å². The summed E-state index contributed by atoms with van der Waals surface area (Å²) in [6, 6.07) is -0.679. The molecule has 0 saturated carbocycles. The Bertz CT molecular complexity index is 238. The first kappa shape index (κ1) is 11.2. The lowest BCUT2D eigenvalue weighted by atomic mass is 9.94. The molecule has 0 aliphatic carbocycles. The summed E-state index contributed by atoms with van der Waals surface area (Å²) in [4.78, 5) is 12.6. The molecule has 1 rings (SSSR count). The number of nitrogens with zero attached hydrogens (tertiary/aromatic N) is 1. The van der Waals surface area contributed by atoms with Gasteiger partial charge in [-0.2, -0.15) is 0 Å². The van der Waals surface area contributed by atoms with Crippen molar-refractivity contribution in [2.75, 3.05) is 13.1 Å². The second-order valence-corrected chi connectivity index (χ2v) is 4.09. The summed E-state index contributed by atoms with van der Waals surface area (Å²) in [5.74, 6) is -0.905. The van der Waals surface area contributed by atoms with Crippen molar-refractivity contribution in [2.45, 2.75) is 31.4 Å². The summed E-state index contributed by atoms with van der Waals surface area (Å²) < 4.78 is 0. The molecule has 0 radical (unpaired) electrons. The summed E-state index contributed by atoms with van der Waals surface area (Å²) >= 11 is 0. The van der Waals surface area contributed by atoms with Crippen molar-refractivity contribution >= 4 is 5.97 Å². The molecule has 2 N–H and O–H groups in total. The number of aliphatic hydroxyl groups is 1. The van der Waals surface area contributed by atoms with Crippen LogP contribution in [0.4, 0.5) is 0 Å². The molecular formula is C10H17NO3. The Morgan fingerprint density at radius 3 is 2.79 bits per heavy atom. The van der Waals surface area contributed by atoms with Crippen molar-refractivity contribution in [3.63, 3.8) is 0 Å². The van der Waals surface area contributed by atoms with Gasteiger partial charge in [0.2, 0.25) is 0 Å². The number of carboxylic acid groups (broad SMARTS) is 1. The van der Waals surface area contributed by atoms with E-state index in [2.05, 4.69) is 6.58 Å². The lowest BCUT2D eigenvalue weighted by Crippen LogP contribution is -2.52. The molecule has 1 heterocycles. The maximum Gasteiger partial charge on any atom is 0.324 e. The number of rotatable bonds is 3. The quantitative estimate of drug-likeness (QED) is 0.649. The molecule has 4 nitrogen and oxygen atoms in total. The first-order valence-corrected chi connectivity index (χ1v) is 4.78. The predicted octanol–water partition coefficient (Wildman–Crippen LogP) is 0.472. The second kappa shape index (κ2) is 4.11. The molecule has 1 fully saturated rings. The van der Waals surface area contributed by atoms with Gasteiger partial charge in [-0.25, -0.2) is 0 Å². The minimum Gasteiger partial charge on any atom is -0.480 e. The van der Waals surface area contributed by atoms with E-state index in [9.17, 15) is 9.90 Å². The molecule has 0 aromatic rings. The highest BCUT2D eigenvalue weighted by molar-refractivity contribution is 5.75. The van der Waals surface area contributed by atoms with Crippen molar-refractivity contribution < 1.29 is 15.0 Å². The molecule has 0 spiro atoms. The van der Waals surface area contributed by atoms with E-state index in [4.69, 9.17) is 5.11 Å². The van der Waals surface area contributed by atoms with Crippen molar-refractivity contribution in [2.24, 2.45) is 0 Å². The average molecular weight is 199 g/mol. The van der Waals surface area contributed by atoms with Gasteiger partial charge in [-0.1, -0.05) is 6.08 Å². The predicted molar refractivity (Wildman–Crippen MR) is 53.1 cm³/mol. The van der Waals surface area contributed by atoms with Crippen LogP contribution in [0, 0.1) is 0 Å². The fourth-order valence-corrected chi connectivity index (χ4v) is 1.90. The molecule has 1 aliphatic rings. The lowest BCUT2D eigenvalue weighted by Gasteiger charge is -2.38. The SMILES string of the molecule is C=CC(C(=O)O)N1CCCC(C)(O)C1. The molecule has 80 valence electrons. The highest BCUT2D eigenvalue weighted by Gasteiger charge is 2.33. The molecule has 0 bridgehead atoms. The summed E-state index contributed by atoms with van der Waals surface area (Å²) in [5, 5.41) is 18.7. The Kier molecular flexibility index (Phi) is 3.29. The van der Waals surface area contributed by atoms with Crippen molar-refractivity contribution in [3.8, 4) is 0 Å². The van der Waals surface area contributed by atoms with Crippen LogP contribution in [-0.4, -0.2) is 45.8 Å². The van der Waals surface area contributed by atoms with Gasteiger partial charge < -0.3 is 10.2 Å². The zero-order chi connectivity index (χ0) is 10.8. The van der Waals surface area contributed by atoms with E-state index in [1.54, 1.807) is 11.8 Å². The van der Waals surface area contributed by atoms with Crippen LogP contribution in [-0.2, 0) is 4.79 Å². The van der Waals surface area contributed by atoms with Crippen LogP contribution in [0.5, 0.6) is 0 Å². The number of piperidine rings is 1. The normalized spacial score (nSPS) is 31.0. The van der Waals surface area contributed by atoms with Crippen LogP contribution in [0.15, 0.2) is 12.7 Å². The maximum absolute atomic E-state index is 10.8. The Balaban J connectivity index is 2.67. The third-order valence-corrected chi connectivity index (χ3v) is 2.57. The van der Waals surface area contributed by atoms with Crippen LogP contribution in [0.1, 0.15) is 19.8 Å². The molecule has 0 amide bonds. The van der Waals surface area contributed by atoms with Crippen LogP contribution >= 0.6 is 0 Å². The molecule has 1 aliphatic heterocycles. The molecule has 0 aromatic heterocycles. The lowest BCUT2D eigenvalue weighted by molar-refractivity contribution is -0.143. The highest BCUT2D eigenvalue weighted by atomic mass is 16.4. The van der Waals surface area contributed by atoms with Gasteiger partial charge >= 0.3 is 5.97 Å². The average Bonchev–Trinajstić information content (AvgIpc) is 2.02. The molecule has 0 aromatic carbocycles. The van der Waals surface area contributed by atoms with Gasteiger partial charge in [-0.3, -0.25) is 9.69 Å². The van der Waals surface area contributed by atoms with Gasteiger partial charge in [0, 0.05) is 6.54 Å². The zero-order valence-electron chi connectivity index (χ0n) is 8.44. The summed E-state index contributed by atoms with van der Waals surface area (Å²) in [7, 11) is 0. The Labute approximate surface area is 83.8 Å². The van der Waals surface area contributed by atoms with Gasteiger partial charge in [-0.05, 0) is 26.3 Å². The Morgan fingerprint density at radius 2 is 2.36 bits per heavy atom. The number of hydrogen-bond donors (Lipinski definition) is 2. The third-order valence-electron chi connectivity index (χ3n) is 2.57. The number of β-amino-alcohol motifs (C(OH)–C–C–N with tert-alkyl or cyclic N) is 1. The largest absolute Gasteiger partial charge is 0.480 e. The van der Waals surface area contributed by atoms with Gasteiger partial charge in [0.25, 0.3) is 0 Å².